The zero-order valence-electron chi connectivity index (χ0n) is 14.7. The van der Waals surface area contributed by atoms with E-state index in [0.717, 1.165) is 34.5 Å². The first-order valence-corrected chi connectivity index (χ1v) is 9.85. The molecule has 3 atom stereocenters. The van der Waals surface area contributed by atoms with Gasteiger partial charge in [0.25, 0.3) is 0 Å². The fourth-order valence-electron chi connectivity index (χ4n) is 3.71. The Morgan fingerprint density at radius 3 is 2.74 bits per heavy atom. The van der Waals surface area contributed by atoms with Crippen molar-refractivity contribution in [3.8, 4) is 11.3 Å². The van der Waals surface area contributed by atoms with Gasteiger partial charge in [-0.25, -0.2) is 9.38 Å². The Balaban J connectivity index is 1.53. The number of rotatable bonds is 3. The van der Waals surface area contributed by atoms with Crippen molar-refractivity contribution < 1.29 is 8.81 Å². The van der Waals surface area contributed by atoms with Gasteiger partial charge in [-0.15, -0.1) is 0 Å². The van der Waals surface area contributed by atoms with Gasteiger partial charge in [0, 0.05) is 23.6 Å². The molecule has 2 aromatic heterocycles. The summed E-state index contributed by atoms with van der Waals surface area (Å²) in [7, 11) is 0. The van der Waals surface area contributed by atoms with Crippen molar-refractivity contribution in [3.63, 3.8) is 0 Å². The quantitative estimate of drug-likeness (QED) is 0.637. The Morgan fingerprint density at radius 1 is 1.11 bits per heavy atom. The molecule has 4 nitrogen and oxygen atoms in total. The van der Waals surface area contributed by atoms with Gasteiger partial charge < -0.3 is 9.32 Å². The summed E-state index contributed by atoms with van der Waals surface area (Å²) < 4.78 is 19.4. The van der Waals surface area contributed by atoms with E-state index in [-0.39, 0.29) is 17.9 Å². The highest BCUT2D eigenvalue weighted by atomic mass is 32.2. The minimum absolute atomic E-state index is 0.0125. The van der Waals surface area contributed by atoms with Crippen LogP contribution in [0.25, 0.3) is 11.3 Å². The number of hydrogen-bond donors (Lipinski definition) is 0. The minimum Gasteiger partial charge on any atom is -0.459 e. The Labute approximate surface area is 161 Å². The number of furan rings is 1. The number of benzene rings is 1. The van der Waals surface area contributed by atoms with Crippen molar-refractivity contribution in [2.24, 2.45) is 4.99 Å². The predicted octanol–water partition coefficient (Wildman–Crippen LogP) is 5.07. The number of pyridine rings is 1. The van der Waals surface area contributed by atoms with Gasteiger partial charge in [-0.2, -0.15) is 0 Å². The molecule has 27 heavy (non-hydrogen) atoms. The van der Waals surface area contributed by atoms with Gasteiger partial charge in [0.15, 0.2) is 5.17 Å². The lowest BCUT2D eigenvalue weighted by Crippen LogP contribution is -2.28. The number of amidine groups is 1. The molecule has 0 spiro atoms. The summed E-state index contributed by atoms with van der Waals surface area (Å²) >= 11 is 1.80. The van der Waals surface area contributed by atoms with Crippen LogP contribution in [0.15, 0.2) is 70.2 Å². The van der Waals surface area contributed by atoms with Crippen LogP contribution in [0.1, 0.15) is 30.5 Å². The molecule has 0 unspecified atom stereocenters. The molecule has 6 heteroatoms. The van der Waals surface area contributed by atoms with E-state index >= 15 is 0 Å². The summed E-state index contributed by atoms with van der Waals surface area (Å²) in [6.07, 6.45) is 1.80. The molecular weight excluding hydrogens is 361 g/mol. The van der Waals surface area contributed by atoms with E-state index in [0.29, 0.717) is 5.25 Å². The largest absolute Gasteiger partial charge is 0.459 e. The fourth-order valence-corrected chi connectivity index (χ4v) is 4.80. The maximum Gasteiger partial charge on any atom is 0.161 e. The molecule has 0 bridgehead atoms. The maximum absolute atomic E-state index is 13.2. The summed E-state index contributed by atoms with van der Waals surface area (Å²) in [5, 5.41) is 1.56. The third-order valence-electron chi connectivity index (χ3n) is 4.93. The molecule has 0 radical (unpaired) electrons. The summed E-state index contributed by atoms with van der Waals surface area (Å²) in [6, 6.07) is 16.1. The lowest BCUT2D eigenvalue weighted by Gasteiger charge is -2.25. The first-order valence-electron chi connectivity index (χ1n) is 8.97. The normalized spacial score (nSPS) is 24.1. The van der Waals surface area contributed by atoms with Crippen molar-refractivity contribution in [2.45, 2.75) is 24.3 Å². The van der Waals surface area contributed by atoms with Gasteiger partial charge in [0.05, 0.1) is 5.69 Å². The Bertz CT molecular complexity index is 986. The second-order valence-corrected chi connectivity index (χ2v) is 8.25. The van der Waals surface area contributed by atoms with Gasteiger partial charge in [0.1, 0.15) is 29.4 Å². The molecule has 1 aromatic carbocycles. The number of nitrogens with zero attached hydrogens (tertiary/aromatic N) is 3. The molecule has 0 aliphatic carbocycles. The van der Waals surface area contributed by atoms with Crippen LogP contribution in [0.4, 0.5) is 4.39 Å². The number of aromatic nitrogens is 1. The Kier molecular flexibility index (Phi) is 4.01. The molecule has 1 fully saturated rings. The smallest absolute Gasteiger partial charge is 0.161 e. The highest BCUT2D eigenvalue weighted by molar-refractivity contribution is 8.14. The van der Waals surface area contributed by atoms with E-state index < -0.39 is 0 Å². The summed E-state index contributed by atoms with van der Waals surface area (Å²) in [6.45, 7) is 3.15. The van der Waals surface area contributed by atoms with E-state index in [9.17, 15) is 4.39 Å². The number of fused-ring (bicyclic) bond motifs is 1. The molecule has 2 aliphatic rings. The topological polar surface area (TPSA) is 41.6 Å². The first kappa shape index (κ1) is 16.6. The second kappa shape index (κ2) is 6.53. The van der Waals surface area contributed by atoms with Crippen molar-refractivity contribution in [2.75, 3.05) is 6.54 Å². The molecule has 5 rings (SSSR count). The van der Waals surface area contributed by atoms with E-state index in [1.54, 1.807) is 30.1 Å². The van der Waals surface area contributed by atoms with Crippen molar-refractivity contribution in [1.82, 2.24) is 9.88 Å². The van der Waals surface area contributed by atoms with E-state index in [1.807, 2.05) is 30.3 Å². The number of thioether (sulfide) groups is 1. The zero-order chi connectivity index (χ0) is 18.4. The molecule has 2 aliphatic heterocycles. The Hall–Kier alpha value is -2.60. The van der Waals surface area contributed by atoms with Crippen LogP contribution < -0.4 is 0 Å². The lowest BCUT2D eigenvalue weighted by atomic mass is 10.0. The molecule has 136 valence electrons. The number of aliphatic imine (C=N–C) groups is 1. The van der Waals surface area contributed by atoms with Crippen LogP contribution in [0.2, 0.25) is 0 Å². The van der Waals surface area contributed by atoms with Crippen LogP contribution in [0.5, 0.6) is 0 Å². The SMILES string of the molecule is C[C@@H]1CN2C(=N[C@H](c3ccccn3)[C@@H]2c2ccc(-c3ccc(F)cc3)o2)S1. The molecule has 3 aromatic rings. The second-order valence-electron chi connectivity index (χ2n) is 6.85. The maximum atomic E-state index is 13.2. The van der Waals surface area contributed by atoms with Crippen LogP contribution in [-0.2, 0) is 0 Å². The predicted molar refractivity (Wildman–Crippen MR) is 105 cm³/mol. The zero-order valence-corrected chi connectivity index (χ0v) is 15.6. The molecule has 1 saturated heterocycles. The summed E-state index contributed by atoms with van der Waals surface area (Å²) in [4.78, 5) is 11.8. The average Bonchev–Trinajstić information content (AvgIpc) is 3.37. The molecule has 0 saturated carbocycles. The lowest BCUT2D eigenvalue weighted by molar-refractivity contribution is 0.277. The summed E-state index contributed by atoms with van der Waals surface area (Å²) in [5.41, 5.74) is 1.80. The van der Waals surface area contributed by atoms with Crippen LogP contribution in [0, 0.1) is 5.82 Å². The van der Waals surface area contributed by atoms with Crippen LogP contribution >= 0.6 is 11.8 Å². The number of halogens is 1. The van der Waals surface area contributed by atoms with Crippen molar-refractivity contribution in [3.05, 3.63) is 78.1 Å². The Morgan fingerprint density at radius 2 is 1.96 bits per heavy atom. The van der Waals surface area contributed by atoms with Gasteiger partial charge in [-0.1, -0.05) is 24.8 Å². The average molecular weight is 379 g/mol. The van der Waals surface area contributed by atoms with Gasteiger partial charge >= 0.3 is 0 Å². The highest BCUT2D eigenvalue weighted by Crippen LogP contribution is 2.48. The molecule has 0 amide bonds. The molecule has 0 N–H and O–H groups in total. The van der Waals surface area contributed by atoms with Crippen LogP contribution in [-0.4, -0.2) is 26.8 Å². The van der Waals surface area contributed by atoms with E-state index in [1.165, 1.54) is 12.1 Å². The molecule has 4 heterocycles. The number of hydrogen-bond acceptors (Lipinski definition) is 5. The van der Waals surface area contributed by atoms with Gasteiger partial charge in [0.2, 0.25) is 0 Å². The van der Waals surface area contributed by atoms with Crippen LogP contribution in [0.3, 0.4) is 0 Å². The first-order chi connectivity index (χ1) is 13.2. The van der Waals surface area contributed by atoms with Crippen molar-refractivity contribution >= 4 is 16.9 Å². The fraction of sp³-hybridized carbons (Fsp3) is 0.238. The van der Waals surface area contributed by atoms with E-state index in [2.05, 4.69) is 16.8 Å². The standard InChI is InChI=1S/C21H18FN3OS/c1-13-12-25-20(19(24-21(25)27-13)16-4-2-3-11-23-16)18-10-9-17(26-18)14-5-7-15(22)8-6-14/h2-11,13,19-20H,12H2,1H3/t13-,19-,20+/m1/s1. The highest BCUT2D eigenvalue weighted by Gasteiger charge is 2.45. The minimum atomic E-state index is -0.252. The molecular formula is C21H18FN3OS. The van der Waals surface area contributed by atoms with Gasteiger partial charge in [-0.3, -0.25) is 4.98 Å². The van der Waals surface area contributed by atoms with E-state index in [4.69, 9.17) is 9.41 Å². The van der Waals surface area contributed by atoms with Crippen molar-refractivity contribution in [1.29, 1.82) is 0 Å². The third-order valence-corrected chi connectivity index (χ3v) is 6.03. The van der Waals surface area contributed by atoms with Gasteiger partial charge in [-0.05, 0) is 48.5 Å². The third kappa shape index (κ3) is 2.94. The monoisotopic (exact) mass is 379 g/mol. The summed E-state index contributed by atoms with van der Waals surface area (Å²) in [5.74, 6) is 1.34.